The smallest absolute Gasteiger partial charge is 0.224 e. The number of H-pyrrole nitrogens is 3. The van der Waals surface area contributed by atoms with Crippen LogP contribution in [-0.4, -0.2) is 142 Å². The van der Waals surface area contributed by atoms with Crippen LogP contribution in [0, 0.1) is 29.6 Å². The average Bonchev–Trinajstić information content (AvgIpc) is 3.01. The predicted octanol–water partition coefficient (Wildman–Crippen LogP) is 1.57. The molecule has 5 aromatic rings. The van der Waals surface area contributed by atoms with Gasteiger partial charge < -0.3 is 82.1 Å². The van der Waals surface area contributed by atoms with Crippen molar-refractivity contribution in [3.05, 3.63) is 90.3 Å². The molecule has 0 spiro atoms. The van der Waals surface area contributed by atoms with Gasteiger partial charge in [0.05, 0.1) is 36.4 Å². The number of hydrogen-bond donors (Lipinski definition) is 15. The van der Waals surface area contributed by atoms with E-state index >= 15 is 9.59 Å². The highest BCUT2D eigenvalue weighted by atomic mass is 16.2. The number of fused-ring (bicyclic) bond motifs is 2. The van der Waals surface area contributed by atoms with Gasteiger partial charge in [-0.2, -0.15) is 0 Å². The van der Waals surface area contributed by atoms with Crippen molar-refractivity contribution in [3.63, 3.8) is 0 Å². The quantitative estimate of drug-likeness (QED) is 0.0149. The fourth-order valence-corrected chi connectivity index (χ4v) is 11.3. The van der Waals surface area contributed by atoms with Crippen molar-refractivity contribution >= 4 is 86.4 Å². The molecule has 0 bridgehead atoms. The fraction of sp³-hybridized carbons (Fsp3) is 0.524. The average molecular weight is 1250 g/mol. The number of Topliss-reactive ketones (excluding diaryl/α,β-unsaturated/α-hetero) is 4. The van der Waals surface area contributed by atoms with Crippen LogP contribution in [0.15, 0.2) is 88.4 Å². The number of ketones is 4. The third kappa shape index (κ3) is 23.2. The van der Waals surface area contributed by atoms with Gasteiger partial charge in [0.25, 0.3) is 0 Å². The number of primary amides is 1. The summed E-state index contributed by atoms with van der Waals surface area (Å²) < 4.78 is 0. The molecule has 0 aliphatic heterocycles. The first-order valence-corrected chi connectivity index (χ1v) is 31.0. The van der Waals surface area contributed by atoms with E-state index in [9.17, 15) is 28.8 Å². The molecule has 0 aliphatic rings. The number of aromatic amines is 3. The number of hydrogen-bond acceptors (Lipinski definition) is 14. The fourth-order valence-electron chi connectivity index (χ4n) is 11.3. The van der Waals surface area contributed by atoms with E-state index in [4.69, 9.17) is 45.9 Å². The Kier molecular flexibility index (Phi) is 29.6. The van der Waals surface area contributed by atoms with Crippen LogP contribution in [0.5, 0.6) is 0 Å². The highest BCUT2D eigenvalue weighted by Gasteiger charge is 2.36. The summed E-state index contributed by atoms with van der Waals surface area (Å²) in [7, 11) is 1.69. The van der Waals surface area contributed by atoms with E-state index in [1.54, 1.807) is 19.4 Å². The zero-order chi connectivity index (χ0) is 65.7. The lowest BCUT2D eigenvalue weighted by Gasteiger charge is -2.27. The Hall–Kier alpha value is -8.98. The number of nitrogens with zero attached hydrogens (tertiary/aromatic N) is 4. The molecule has 3 aromatic heterocycles. The third-order valence-electron chi connectivity index (χ3n) is 16.5. The number of likely N-dealkylation sites (N-methyl/N-ethyl adjacent to an activating group) is 1. The number of unbranched alkanes of at least 4 members (excludes halogenated alkanes) is 1. The van der Waals surface area contributed by atoms with E-state index in [2.05, 4.69) is 56.2 Å². The SMILES string of the molecule is CC[C@H](C)[C@H](NC)C(=O)C[C@@H](CCCN=C(N)N)C(=O)N[C@@H](CCCCN)C(=O)C[C@@H](CCCN=C(N)N)C(=O)N[C@@H](Cc1c[nH]c2ccccc12)C(=O)C[C@@H](Cc1cnc[nH]1)C(=O)N[C@@H](CCCN=C(N)N)C(=O)C[C@@H](Cc1c[nH]c2ccccc12)C(N)=O. The predicted molar refractivity (Wildman–Crippen MR) is 349 cm³/mol. The number of nitrogens with one attached hydrogen (secondary N) is 7. The topological polar surface area (TPSA) is 490 Å². The summed E-state index contributed by atoms with van der Waals surface area (Å²) in [5.74, 6) is -8.80. The second-order valence-corrected chi connectivity index (χ2v) is 23.2. The molecule has 2 aromatic carbocycles. The Morgan fingerprint density at radius 1 is 0.522 bits per heavy atom. The molecular formula is C63H95N19O8. The molecule has 4 amide bonds. The number of imidazole rings is 1. The molecule has 0 aliphatic carbocycles. The number of carbonyl (C=O) groups is 8. The van der Waals surface area contributed by atoms with Crippen LogP contribution < -0.4 is 67.1 Å². The van der Waals surface area contributed by atoms with E-state index in [0.717, 1.165) is 27.4 Å². The largest absolute Gasteiger partial charge is 0.370 e. The van der Waals surface area contributed by atoms with Crippen molar-refractivity contribution in [1.82, 2.24) is 41.2 Å². The zero-order valence-electron chi connectivity index (χ0n) is 52.1. The minimum atomic E-state index is -1.30. The summed E-state index contributed by atoms with van der Waals surface area (Å²) in [6.07, 6.45) is 8.23. The first kappa shape index (κ1) is 71.8. The highest BCUT2D eigenvalue weighted by Crippen LogP contribution is 2.27. The van der Waals surface area contributed by atoms with E-state index in [1.807, 2.05) is 62.4 Å². The zero-order valence-corrected chi connectivity index (χ0v) is 52.1. The molecule has 0 radical (unpaired) electrons. The van der Waals surface area contributed by atoms with Crippen molar-refractivity contribution in [3.8, 4) is 0 Å². The third-order valence-corrected chi connectivity index (χ3v) is 16.5. The van der Waals surface area contributed by atoms with Gasteiger partial charge >= 0.3 is 0 Å². The van der Waals surface area contributed by atoms with Gasteiger partial charge in [-0.25, -0.2) is 4.98 Å². The molecule has 0 saturated heterocycles. The van der Waals surface area contributed by atoms with Crippen molar-refractivity contribution < 1.29 is 38.4 Å². The van der Waals surface area contributed by atoms with E-state index < -0.39 is 95.2 Å². The van der Waals surface area contributed by atoms with Crippen molar-refractivity contribution in [2.75, 3.05) is 33.2 Å². The molecular weight excluding hydrogens is 1150 g/mol. The van der Waals surface area contributed by atoms with Gasteiger partial charge in [-0.3, -0.25) is 53.3 Å². The standard InChI is InChI=1S/C63H95N19O8/c1-4-37(2)56(72-3)55(86)30-39(15-12-24-75-62(68)69)58(88)80-49(20-9-10-22-64)52(83)29-38(14-11-23-74-61(66)67)59(89)82-51(28-43-34-78-48-19-8-6-17-46(43)48)54(85)32-41(27-44-35-73-36-79-44)60(90)81-50(21-13-25-76-63(70)71)53(84)31-40(57(65)87)26-42-33-77-47-18-7-5-16-45(42)47/h5-8,16-19,33-41,49-51,56,72,77-78H,4,9-15,20-32,64H2,1-3H3,(H2,65,87)(H,73,79)(H,80,88)(H,81,90)(H,82,89)(H4,66,67,74)(H4,68,69,75)(H4,70,71,76)/t37-,38+,39+,40+,41+,49-,50-,51-,56-/m0/s1. The van der Waals surface area contributed by atoms with Gasteiger partial charge in [0.2, 0.25) is 23.6 Å². The van der Waals surface area contributed by atoms with Crippen molar-refractivity contribution in [2.24, 2.45) is 90.4 Å². The second kappa shape index (κ2) is 37.1. The molecule has 490 valence electrons. The Labute approximate surface area is 525 Å². The maximum atomic E-state index is 15.3. The number of guanidine groups is 3. The van der Waals surface area contributed by atoms with Gasteiger partial charge in [0.15, 0.2) is 41.0 Å². The van der Waals surface area contributed by atoms with Gasteiger partial charge in [-0.1, -0.05) is 56.7 Å². The molecule has 9 atom stereocenters. The van der Waals surface area contributed by atoms with Gasteiger partial charge in [-0.15, -0.1) is 0 Å². The van der Waals surface area contributed by atoms with Crippen LogP contribution in [0.2, 0.25) is 0 Å². The normalized spacial score (nSPS) is 14.4. The first-order valence-electron chi connectivity index (χ1n) is 31.0. The lowest BCUT2D eigenvalue weighted by atomic mass is 9.87. The Morgan fingerprint density at radius 2 is 0.967 bits per heavy atom. The van der Waals surface area contributed by atoms with Gasteiger partial charge in [-0.05, 0) is 107 Å². The maximum absolute atomic E-state index is 15.3. The molecule has 0 unspecified atom stereocenters. The molecule has 23 N–H and O–H groups in total. The molecule has 27 nitrogen and oxygen atoms in total. The van der Waals surface area contributed by atoms with Crippen LogP contribution >= 0.6 is 0 Å². The number of nitrogens with two attached hydrogens (primary N) is 8. The summed E-state index contributed by atoms with van der Waals surface area (Å²) in [6.45, 7) is 4.66. The Bertz CT molecular complexity index is 3230. The van der Waals surface area contributed by atoms with Crippen LogP contribution in [-0.2, 0) is 57.6 Å². The van der Waals surface area contributed by atoms with E-state index in [1.165, 1.54) is 12.5 Å². The number of para-hydroxylation sites is 2. The summed E-state index contributed by atoms with van der Waals surface area (Å²) in [5.41, 5.74) is 49.2. The number of aliphatic imine (C=N–C) groups is 3. The molecule has 27 heteroatoms. The first-order chi connectivity index (χ1) is 43.1. The van der Waals surface area contributed by atoms with Crippen LogP contribution in [0.3, 0.4) is 0 Å². The number of carbonyl (C=O) groups excluding carboxylic acids is 8. The number of benzene rings is 2. The van der Waals surface area contributed by atoms with E-state index in [0.29, 0.717) is 43.5 Å². The molecule has 3 heterocycles. The monoisotopic (exact) mass is 1250 g/mol. The summed E-state index contributed by atoms with van der Waals surface area (Å²) in [6, 6.07) is 10.8. The molecule has 0 saturated carbocycles. The molecule has 5 rings (SSSR count). The number of amides is 4. The Morgan fingerprint density at radius 3 is 1.44 bits per heavy atom. The number of aromatic nitrogens is 4. The van der Waals surface area contributed by atoms with Crippen LogP contribution in [0.25, 0.3) is 21.8 Å². The maximum Gasteiger partial charge on any atom is 0.224 e. The van der Waals surface area contributed by atoms with Crippen molar-refractivity contribution in [1.29, 1.82) is 0 Å². The lowest BCUT2D eigenvalue weighted by molar-refractivity contribution is -0.136. The second-order valence-electron chi connectivity index (χ2n) is 23.2. The minimum absolute atomic E-state index is 0.0267. The summed E-state index contributed by atoms with van der Waals surface area (Å²) in [4.78, 5) is 142. The van der Waals surface area contributed by atoms with E-state index in [-0.39, 0.29) is 126 Å². The highest BCUT2D eigenvalue weighted by molar-refractivity contribution is 5.98. The molecule has 0 fully saturated rings. The summed E-state index contributed by atoms with van der Waals surface area (Å²) >= 11 is 0. The Balaban J connectivity index is 1.47. The van der Waals surface area contributed by atoms with Crippen molar-refractivity contribution in [2.45, 2.75) is 147 Å². The summed E-state index contributed by atoms with van der Waals surface area (Å²) in [5, 5.41) is 13.6. The van der Waals surface area contributed by atoms with Crippen LogP contribution in [0.1, 0.15) is 121 Å². The minimum Gasteiger partial charge on any atom is -0.370 e. The number of rotatable bonds is 44. The lowest BCUT2D eigenvalue weighted by Crippen LogP contribution is -2.49. The van der Waals surface area contributed by atoms with Gasteiger partial charge in [0, 0.05) is 122 Å². The molecule has 90 heavy (non-hydrogen) atoms. The van der Waals surface area contributed by atoms with Gasteiger partial charge in [0.1, 0.15) is 0 Å². The van der Waals surface area contributed by atoms with Crippen LogP contribution in [0.4, 0.5) is 0 Å².